The number of nitrogens with zero attached hydrogens (tertiary/aromatic N) is 2. The molecule has 0 fully saturated rings. The lowest BCUT2D eigenvalue weighted by molar-refractivity contribution is 0.0958. The van der Waals surface area contributed by atoms with Gasteiger partial charge >= 0.3 is 6.03 Å². The molecule has 0 aliphatic rings. The van der Waals surface area contributed by atoms with E-state index in [9.17, 15) is 9.59 Å². The molecule has 0 atom stereocenters. The summed E-state index contributed by atoms with van der Waals surface area (Å²) in [6.07, 6.45) is 0. The normalized spacial score (nSPS) is 10.0. The molecule has 0 aliphatic carbocycles. The molecule has 1 aromatic heterocycles. The van der Waals surface area contributed by atoms with Crippen LogP contribution in [0.15, 0.2) is 0 Å². The molecule has 3 amide bonds. The van der Waals surface area contributed by atoms with Crippen molar-refractivity contribution >= 4 is 34.2 Å². The maximum Gasteiger partial charge on any atom is 0.312 e. The van der Waals surface area contributed by atoms with Crippen LogP contribution in [0, 0.1) is 0 Å². The first kappa shape index (κ1) is 15.0. The highest BCUT2D eigenvalue weighted by atomic mass is 32.1. The first-order valence-corrected chi connectivity index (χ1v) is 6.56. The van der Waals surface area contributed by atoms with E-state index in [1.807, 2.05) is 18.9 Å². The molecule has 0 aliphatic heterocycles. The van der Waals surface area contributed by atoms with Gasteiger partial charge in [-0.1, -0.05) is 11.3 Å². The van der Waals surface area contributed by atoms with Crippen molar-refractivity contribution in [2.75, 3.05) is 37.3 Å². The van der Waals surface area contributed by atoms with Crippen molar-refractivity contribution in [3.05, 3.63) is 4.88 Å². The summed E-state index contributed by atoms with van der Waals surface area (Å²) in [7, 11) is 1.87. The van der Waals surface area contributed by atoms with Gasteiger partial charge in [-0.25, -0.2) is 9.78 Å². The van der Waals surface area contributed by atoms with Gasteiger partial charge in [0.25, 0.3) is 5.91 Å². The third-order valence-electron chi connectivity index (χ3n) is 2.36. The zero-order chi connectivity index (χ0) is 14.4. The van der Waals surface area contributed by atoms with Gasteiger partial charge in [-0.2, -0.15) is 0 Å². The van der Waals surface area contributed by atoms with Gasteiger partial charge in [-0.05, 0) is 6.92 Å². The standard InChI is InChI=1S/C10H18N6O2S/c1-3-16(2)10-15-7(11)6(19-10)8(17)13-4-5-14-9(12)18/h3-5,11H2,1-2H3,(H,13,17)(H3,12,14,18). The molecule has 0 saturated heterocycles. The molecular weight excluding hydrogens is 268 g/mol. The molecule has 1 aromatic rings. The number of urea groups is 1. The van der Waals surface area contributed by atoms with Crippen molar-refractivity contribution in [2.45, 2.75) is 6.92 Å². The Labute approximate surface area is 115 Å². The number of anilines is 2. The van der Waals surface area contributed by atoms with Crippen LogP contribution in [0.4, 0.5) is 15.7 Å². The van der Waals surface area contributed by atoms with E-state index in [1.54, 1.807) is 0 Å². The second kappa shape index (κ2) is 6.78. The Balaban J connectivity index is 2.57. The molecule has 9 heteroatoms. The molecule has 19 heavy (non-hydrogen) atoms. The third kappa shape index (κ3) is 4.28. The zero-order valence-electron chi connectivity index (χ0n) is 10.9. The summed E-state index contributed by atoms with van der Waals surface area (Å²) < 4.78 is 0. The first-order valence-electron chi connectivity index (χ1n) is 5.74. The summed E-state index contributed by atoms with van der Waals surface area (Å²) in [5.74, 6) is -0.0994. The summed E-state index contributed by atoms with van der Waals surface area (Å²) in [6.45, 7) is 3.29. The molecule has 106 valence electrons. The van der Waals surface area contributed by atoms with E-state index in [2.05, 4.69) is 15.6 Å². The van der Waals surface area contributed by atoms with Gasteiger partial charge in [-0.15, -0.1) is 0 Å². The lowest BCUT2D eigenvalue weighted by Crippen LogP contribution is -2.37. The van der Waals surface area contributed by atoms with Crippen LogP contribution in [0.5, 0.6) is 0 Å². The van der Waals surface area contributed by atoms with Crippen LogP contribution in [0.25, 0.3) is 0 Å². The van der Waals surface area contributed by atoms with Crippen LogP contribution in [-0.4, -0.2) is 43.6 Å². The number of aromatic nitrogens is 1. The Bertz CT molecular complexity index is 461. The molecule has 0 unspecified atom stereocenters. The van der Waals surface area contributed by atoms with E-state index in [-0.39, 0.29) is 24.8 Å². The highest BCUT2D eigenvalue weighted by Crippen LogP contribution is 2.26. The lowest BCUT2D eigenvalue weighted by atomic mass is 10.4. The Morgan fingerprint density at radius 2 is 2.00 bits per heavy atom. The van der Waals surface area contributed by atoms with E-state index < -0.39 is 6.03 Å². The minimum absolute atomic E-state index is 0.209. The van der Waals surface area contributed by atoms with Gasteiger partial charge in [0.15, 0.2) is 5.13 Å². The molecule has 0 aromatic carbocycles. The molecular formula is C10H18N6O2S. The Kier molecular flexibility index (Phi) is 5.37. The predicted octanol–water partition coefficient (Wildman–Crippen LogP) is -0.420. The predicted molar refractivity (Wildman–Crippen MR) is 75.4 cm³/mol. The number of nitrogens with two attached hydrogens (primary N) is 2. The number of thiazole rings is 1. The molecule has 0 radical (unpaired) electrons. The van der Waals surface area contributed by atoms with Crippen molar-refractivity contribution < 1.29 is 9.59 Å². The number of rotatable bonds is 6. The molecule has 1 rings (SSSR count). The summed E-state index contributed by atoms with van der Waals surface area (Å²) in [5.41, 5.74) is 10.6. The first-order chi connectivity index (χ1) is 8.95. The average molecular weight is 286 g/mol. The van der Waals surface area contributed by atoms with Gasteiger partial charge < -0.3 is 27.0 Å². The van der Waals surface area contributed by atoms with Crippen LogP contribution >= 0.6 is 11.3 Å². The number of amides is 3. The van der Waals surface area contributed by atoms with Crippen molar-refractivity contribution in [1.82, 2.24) is 15.6 Å². The van der Waals surface area contributed by atoms with Crippen LogP contribution in [0.3, 0.4) is 0 Å². The van der Waals surface area contributed by atoms with Gasteiger partial charge in [0.05, 0.1) is 0 Å². The number of hydrogen-bond donors (Lipinski definition) is 4. The maximum absolute atomic E-state index is 11.9. The van der Waals surface area contributed by atoms with Gasteiger partial charge in [-0.3, -0.25) is 4.79 Å². The van der Waals surface area contributed by atoms with E-state index in [1.165, 1.54) is 11.3 Å². The van der Waals surface area contributed by atoms with Crippen LogP contribution in [0.2, 0.25) is 0 Å². The fraction of sp³-hybridized carbons (Fsp3) is 0.500. The SMILES string of the molecule is CCN(C)c1nc(N)c(C(=O)NCCNC(N)=O)s1. The second-order valence-corrected chi connectivity index (χ2v) is 4.75. The summed E-state index contributed by atoms with van der Waals surface area (Å²) >= 11 is 1.23. The van der Waals surface area contributed by atoms with E-state index in [0.717, 1.165) is 6.54 Å². The van der Waals surface area contributed by atoms with E-state index in [0.29, 0.717) is 10.0 Å². The fourth-order valence-corrected chi connectivity index (χ4v) is 2.15. The highest BCUT2D eigenvalue weighted by Gasteiger charge is 2.17. The largest absolute Gasteiger partial charge is 0.382 e. The minimum Gasteiger partial charge on any atom is -0.382 e. The Morgan fingerprint density at radius 3 is 2.58 bits per heavy atom. The fourth-order valence-electron chi connectivity index (χ4n) is 1.22. The van der Waals surface area contributed by atoms with Crippen LogP contribution in [0.1, 0.15) is 16.6 Å². The number of nitrogens with one attached hydrogen (secondary N) is 2. The molecule has 0 saturated carbocycles. The van der Waals surface area contributed by atoms with Gasteiger partial charge in [0.2, 0.25) is 0 Å². The average Bonchev–Trinajstić information content (AvgIpc) is 2.75. The summed E-state index contributed by atoms with van der Waals surface area (Å²) in [4.78, 5) is 28.7. The van der Waals surface area contributed by atoms with Crippen LogP contribution < -0.4 is 27.0 Å². The Morgan fingerprint density at radius 1 is 1.37 bits per heavy atom. The topological polar surface area (TPSA) is 126 Å². The molecule has 0 spiro atoms. The van der Waals surface area contributed by atoms with Crippen molar-refractivity contribution in [3.8, 4) is 0 Å². The quantitative estimate of drug-likeness (QED) is 0.528. The molecule has 0 bridgehead atoms. The van der Waals surface area contributed by atoms with Crippen molar-refractivity contribution in [2.24, 2.45) is 5.73 Å². The van der Waals surface area contributed by atoms with E-state index in [4.69, 9.17) is 11.5 Å². The molecule has 6 N–H and O–H groups in total. The number of carbonyl (C=O) groups is 2. The number of primary amides is 1. The van der Waals surface area contributed by atoms with Crippen LogP contribution in [-0.2, 0) is 0 Å². The minimum atomic E-state index is -0.626. The molecule has 8 nitrogen and oxygen atoms in total. The van der Waals surface area contributed by atoms with Gasteiger partial charge in [0.1, 0.15) is 10.7 Å². The van der Waals surface area contributed by atoms with E-state index >= 15 is 0 Å². The monoisotopic (exact) mass is 286 g/mol. The molecule has 1 heterocycles. The lowest BCUT2D eigenvalue weighted by Gasteiger charge is -2.10. The third-order valence-corrected chi connectivity index (χ3v) is 3.54. The number of carbonyl (C=O) groups excluding carboxylic acids is 2. The second-order valence-electron chi connectivity index (χ2n) is 3.77. The highest BCUT2D eigenvalue weighted by molar-refractivity contribution is 7.18. The number of hydrogen-bond acceptors (Lipinski definition) is 6. The zero-order valence-corrected chi connectivity index (χ0v) is 11.7. The summed E-state index contributed by atoms with van der Waals surface area (Å²) in [5, 5.41) is 5.69. The summed E-state index contributed by atoms with van der Waals surface area (Å²) in [6, 6.07) is -0.626. The smallest absolute Gasteiger partial charge is 0.312 e. The van der Waals surface area contributed by atoms with Crippen molar-refractivity contribution in [3.63, 3.8) is 0 Å². The Hall–Kier alpha value is -2.03. The van der Waals surface area contributed by atoms with Crippen molar-refractivity contribution in [1.29, 1.82) is 0 Å². The van der Waals surface area contributed by atoms with Gasteiger partial charge in [0, 0.05) is 26.7 Å². The number of nitrogen functional groups attached to an aromatic ring is 1. The maximum atomic E-state index is 11.9.